The van der Waals surface area contributed by atoms with Gasteiger partial charge in [-0.3, -0.25) is 9.59 Å². The highest BCUT2D eigenvalue weighted by Gasteiger charge is 2.36. The maximum Gasteiger partial charge on any atom is 0.252 e. The number of hydrogen-bond donors (Lipinski definition) is 2. The number of nitrogens with zero attached hydrogens (tertiary/aromatic N) is 1. The summed E-state index contributed by atoms with van der Waals surface area (Å²) < 4.78 is 0. The number of likely N-dealkylation sites (tertiary alicyclic amines) is 1. The van der Waals surface area contributed by atoms with E-state index >= 15 is 0 Å². The minimum absolute atomic E-state index is 0. The molecule has 0 bridgehead atoms. The Morgan fingerprint density at radius 1 is 1.29 bits per heavy atom. The zero-order valence-electron chi connectivity index (χ0n) is 12.3. The summed E-state index contributed by atoms with van der Waals surface area (Å²) in [6.45, 7) is 4.66. The molecule has 1 atom stereocenters. The van der Waals surface area contributed by atoms with Gasteiger partial charge in [-0.2, -0.15) is 0 Å². The molecule has 3 N–H and O–H groups in total. The smallest absolute Gasteiger partial charge is 0.252 e. The van der Waals surface area contributed by atoms with E-state index in [1.54, 1.807) is 43.0 Å². The van der Waals surface area contributed by atoms with Crippen LogP contribution >= 0.6 is 12.4 Å². The fourth-order valence-electron chi connectivity index (χ4n) is 2.37. The van der Waals surface area contributed by atoms with Gasteiger partial charge in [-0.05, 0) is 32.4 Å². The fraction of sp³-hybridized carbons (Fsp3) is 0.467. The fourth-order valence-corrected chi connectivity index (χ4v) is 2.37. The number of hydrogen-bond acceptors (Lipinski definition) is 3. The Morgan fingerprint density at radius 2 is 1.90 bits per heavy atom. The van der Waals surface area contributed by atoms with Gasteiger partial charge in [0.05, 0.1) is 0 Å². The molecule has 0 aliphatic carbocycles. The minimum Gasteiger partial charge on any atom is -0.339 e. The van der Waals surface area contributed by atoms with Crippen molar-refractivity contribution in [2.24, 2.45) is 5.73 Å². The Labute approximate surface area is 131 Å². The van der Waals surface area contributed by atoms with Gasteiger partial charge < -0.3 is 16.0 Å². The number of rotatable bonds is 3. The van der Waals surface area contributed by atoms with Gasteiger partial charge in [0.15, 0.2) is 0 Å². The van der Waals surface area contributed by atoms with Crippen LogP contribution in [0, 0.1) is 0 Å². The van der Waals surface area contributed by atoms with Crippen LogP contribution in [0.5, 0.6) is 0 Å². The monoisotopic (exact) mass is 311 g/mol. The first-order chi connectivity index (χ1) is 9.40. The predicted molar refractivity (Wildman–Crippen MR) is 84.4 cm³/mol. The highest BCUT2D eigenvalue weighted by Crippen LogP contribution is 2.15. The standard InChI is InChI=1S/C15H21N3O2.ClH/c1-15(2,14(20)18-9-8-12(16)10-18)17-13(19)11-6-4-3-5-7-11;/h3-7,12H,8-10,16H2,1-2H3,(H,17,19);1H/t12-;/m0./s1. The van der Waals surface area contributed by atoms with Gasteiger partial charge in [-0.1, -0.05) is 18.2 Å². The summed E-state index contributed by atoms with van der Waals surface area (Å²) in [5.41, 5.74) is 5.43. The van der Waals surface area contributed by atoms with Gasteiger partial charge in [0.2, 0.25) is 5.91 Å². The second kappa shape index (κ2) is 6.91. The van der Waals surface area contributed by atoms with Crippen molar-refractivity contribution in [1.29, 1.82) is 0 Å². The molecule has 0 spiro atoms. The number of nitrogens with two attached hydrogens (primary N) is 1. The summed E-state index contributed by atoms with van der Waals surface area (Å²) in [5, 5.41) is 2.79. The zero-order chi connectivity index (χ0) is 14.8. The number of halogens is 1. The van der Waals surface area contributed by atoms with Gasteiger partial charge in [-0.25, -0.2) is 0 Å². The second-order valence-corrected chi connectivity index (χ2v) is 5.75. The Kier molecular flexibility index (Phi) is 5.75. The number of carbonyl (C=O) groups is 2. The van der Waals surface area contributed by atoms with Crippen molar-refractivity contribution < 1.29 is 9.59 Å². The van der Waals surface area contributed by atoms with Crippen LogP contribution in [0.15, 0.2) is 30.3 Å². The van der Waals surface area contributed by atoms with E-state index < -0.39 is 5.54 Å². The Morgan fingerprint density at radius 3 is 2.43 bits per heavy atom. The summed E-state index contributed by atoms with van der Waals surface area (Å²) in [4.78, 5) is 26.3. The molecule has 1 fully saturated rings. The van der Waals surface area contributed by atoms with Crippen LogP contribution < -0.4 is 11.1 Å². The van der Waals surface area contributed by atoms with E-state index in [4.69, 9.17) is 5.73 Å². The molecular formula is C15H22ClN3O2. The first kappa shape index (κ1) is 17.5. The van der Waals surface area contributed by atoms with E-state index in [1.165, 1.54) is 0 Å². The van der Waals surface area contributed by atoms with Gasteiger partial charge in [0, 0.05) is 24.7 Å². The summed E-state index contributed by atoms with van der Waals surface area (Å²) in [6.07, 6.45) is 0.814. The molecule has 0 radical (unpaired) electrons. The summed E-state index contributed by atoms with van der Waals surface area (Å²) in [7, 11) is 0. The molecule has 116 valence electrons. The molecule has 1 heterocycles. The second-order valence-electron chi connectivity index (χ2n) is 5.75. The van der Waals surface area contributed by atoms with Crippen molar-refractivity contribution in [1.82, 2.24) is 10.2 Å². The van der Waals surface area contributed by atoms with Gasteiger partial charge in [-0.15, -0.1) is 12.4 Å². The number of benzene rings is 1. The Hall–Kier alpha value is -1.59. The number of carbonyl (C=O) groups excluding carboxylic acids is 2. The third kappa shape index (κ3) is 4.19. The first-order valence-corrected chi connectivity index (χ1v) is 6.82. The van der Waals surface area contributed by atoms with Crippen molar-refractivity contribution in [2.75, 3.05) is 13.1 Å². The van der Waals surface area contributed by atoms with Crippen molar-refractivity contribution in [3.8, 4) is 0 Å². The Balaban J connectivity index is 0.00000220. The summed E-state index contributed by atoms with van der Waals surface area (Å²) in [5.74, 6) is -0.331. The van der Waals surface area contributed by atoms with Crippen molar-refractivity contribution >= 4 is 24.2 Å². The van der Waals surface area contributed by atoms with Crippen LogP contribution in [0.3, 0.4) is 0 Å². The average molecular weight is 312 g/mol. The average Bonchev–Trinajstić information content (AvgIpc) is 2.85. The van der Waals surface area contributed by atoms with E-state index in [2.05, 4.69) is 5.32 Å². The van der Waals surface area contributed by atoms with E-state index in [0.717, 1.165) is 6.42 Å². The molecule has 1 aliphatic heterocycles. The van der Waals surface area contributed by atoms with E-state index in [9.17, 15) is 9.59 Å². The lowest BCUT2D eigenvalue weighted by Gasteiger charge is -2.30. The molecule has 2 amide bonds. The highest BCUT2D eigenvalue weighted by molar-refractivity contribution is 5.98. The van der Waals surface area contributed by atoms with E-state index in [0.29, 0.717) is 18.7 Å². The lowest BCUT2D eigenvalue weighted by molar-refractivity contribution is -0.135. The molecule has 1 aromatic rings. The lowest BCUT2D eigenvalue weighted by atomic mass is 10.0. The molecule has 2 rings (SSSR count). The van der Waals surface area contributed by atoms with Crippen LogP contribution in [-0.4, -0.2) is 41.4 Å². The number of nitrogens with one attached hydrogen (secondary N) is 1. The molecule has 5 nitrogen and oxygen atoms in total. The van der Waals surface area contributed by atoms with Gasteiger partial charge >= 0.3 is 0 Å². The molecule has 0 unspecified atom stereocenters. The summed E-state index contributed by atoms with van der Waals surface area (Å²) in [6, 6.07) is 8.92. The highest BCUT2D eigenvalue weighted by atomic mass is 35.5. The quantitative estimate of drug-likeness (QED) is 0.880. The van der Waals surface area contributed by atoms with E-state index in [1.807, 2.05) is 6.07 Å². The van der Waals surface area contributed by atoms with Crippen LogP contribution in [0.25, 0.3) is 0 Å². The topological polar surface area (TPSA) is 75.4 Å². The van der Waals surface area contributed by atoms with Crippen LogP contribution in [0.1, 0.15) is 30.6 Å². The lowest BCUT2D eigenvalue weighted by Crippen LogP contribution is -2.55. The van der Waals surface area contributed by atoms with E-state index in [-0.39, 0.29) is 30.3 Å². The third-order valence-electron chi connectivity index (χ3n) is 3.51. The first-order valence-electron chi connectivity index (χ1n) is 6.82. The molecule has 21 heavy (non-hydrogen) atoms. The largest absolute Gasteiger partial charge is 0.339 e. The number of amides is 2. The SMILES string of the molecule is CC(C)(NC(=O)c1ccccc1)C(=O)N1CC[C@H](N)C1.Cl. The van der Waals surface area contributed by atoms with Crippen molar-refractivity contribution in [2.45, 2.75) is 31.8 Å². The van der Waals surface area contributed by atoms with Crippen LogP contribution in [-0.2, 0) is 4.79 Å². The minimum atomic E-state index is -0.934. The Bertz CT molecular complexity index is 505. The van der Waals surface area contributed by atoms with Crippen molar-refractivity contribution in [3.05, 3.63) is 35.9 Å². The maximum absolute atomic E-state index is 12.4. The molecule has 6 heteroatoms. The normalized spacial score (nSPS) is 18.0. The molecule has 0 saturated carbocycles. The zero-order valence-corrected chi connectivity index (χ0v) is 13.2. The van der Waals surface area contributed by atoms with Gasteiger partial charge in [0.1, 0.15) is 5.54 Å². The van der Waals surface area contributed by atoms with Crippen molar-refractivity contribution in [3.63, 3.8) is 0 Å². The third-order valence-corrected chi connectivity index (χ3v) is 3.51. The molecular weight excluding hydrogens is 290 g/mol. The predicted octanol–water partition coefficient (Wildman–Crippen LogP) is 1.18. The molecule has 1 saturated heterocycles. The molecule has 0 aromatic heterocycles. The van der Waals surface area contributed by atoms with Crippen LogP contribution in [0.2, 0.25) is 0 Å². The maximum atomic E-state index is 12.4. The molecule has 1 aromatic carbocycles. The summed E-state index contributed by atoms with van der Waals surface area (Å²) >= 11 is 0. The molecule has 1 aliphatic rings. The van der Waals surface area contributed by atoms with Crippen LogP contribution in [0.4, 0.5) is 0 Å². The van der Waals surface area contributed by atoms with Gasteiger partial charge in [0.25, 0.3) is 5.91 Å².